The molecule has 1 heterocycles. The van der Waals surface area contributed by atoms with Crippen molar-refractivity contribution >= 4 is 16.7 Å². The fourth-order valence-corrected chi connectivity index (χ4v) is 3.08. The Morgan fingerprint density at radius 2 is 1.70 bits per heavy atom. The van der Waals surface area contributed by atoms with Gasteiger partial charge in [-0.05, 0) is 48.1 Å². The van der Waals surface area contributed by atoms with Crippen LogP contribution in [0, 0.1) is 6.92 Å². The SMILES string of the molecule is Cc1ccc(CC(=O)N2CCCCC2)c2ccccc12. The molecule has 2 heteroatoms. The van der Waals surface area contributed by atoms with E-state index in [9.17, 15) is 4.79 Å². The second-order valence-electron chi connectivity index (χ2n) is 5.71. The van der Waals surface area contributed by atoms with E-state index in [-0.39, 0.29) is 5.91 Å². The lowest BCUT2D eigenvalue weighted by Gasteiger charge is -2.27. The second-order valence-corrected chi connectivity index (χ2v) is 5.71. The lowest BCUT2D eigenvalue weighted by atomic mass is 9.98. The quantitative estimate of drug-likeness (QED) is 0.812. The normalized spacial score (nSPS) is 15.6. The highest BCUT2D eigenvalue weighted by molar-refractivity contribution is 5.92. The number of benzene rings is 2. The number of hydrogen-bond donors (Lipinski definition) is 0. The van der Waals surface area contributed by atoms with Crippen LogP contribution in [0.1, 0.15) is 30.4 Å². The molecule has 1 aliphatic rings. The maximum atomic E-state index is 12.4. The molecular weight excluding hydrogens is 246 g/mol. The molecule has 2 nitrogen and oxygen atoms in total. The van der Waals surface area contributed by atoms with Crippen LogP contribution in [-0.4, -0.2) is 23.9 Å². The summed E-state index contributed by atoms with van der Waals surface area (Å²) in [7, 11) is 0. The van der Waals surface area contributed by atoms with E-state index < -0.39 is 0 Å². The van der Waals surface area contributed by atoms with Crippen molar-refractivity contribution in [2.45, 2.75) is 32.6 Å². The molecule has 0 spiro atoms. The van der Waals surface area contributed by atoms with Gasteiger partial charge in [0.1, 0.15) is 0 Å². The number of fused-ring (bicyclic) bond motifs is 1. The lowest BCUT2D eigenvalue weighted by Crippen LogP contribution is -2.36. The third kappa shape index (κ3) is 2.55. The summed E-state index contributed by atoms with van der Waals surface area (Å²) in [6.07, 6.45) is 4.10. The summed E-state index contributed by atoms with van der Waals surface area (Å²) in [5.74, 6) is 0.277. The summed E-state index contributed by atoms with van der Waals surface area (Å²) in [5.41, 5.74) is 2.43. The molecule has 2 aromatic carbocycles. The molecule has 0 saturated carbocycles. The van der Waals surface area contributed by atoms with E-state index in [0.717, 1.165) is 31.5 Å². The minimum absolute atomic E-state index is 0.277. The number of piperidine rings is 1. The Kier molecular flexibility index (Phi) is 3.72. The summed E-state index contributed by atoms with van der Waals surface area (Å²) < 4.78 is 0. The molecule has 1 amide bonds. The third-order valence-corrected chi connectivity index (χ3v) is 4.28. The van der Waals surface area contributed by atoms with Gasteiger partial charge < -0.3 is 4.90 Å². The van der Waals surface area contributed by atoms with Gasteiger partial charge in [-0.25, -0.2) is 0 Å². The van der Waals surface area contributed by atoms with Gasteiger partial charge in [-0.2, -0.15) is 0 Å². The number of carbonyl (C=O) groups is 1. The largest absolute Gasteiger partial charge is 0.342 e. The van der Waals surface area contributed by atoms with Crippen LogP contribution in [0.15, 0.2) is 36.4 Å². The summed E-state index contributed by atoms with van der Waals surface area (Å²) in [4.78, 5) is 14.4. The standard InChI is InChI=1S/C18H21NO/c1-14-9-10-15(17-8-4-3-7-16(14)17)13-18(20)19-11-5-2-6-12-19/h3-4,7-10H,2,5-6,11-13H2,1H3. The number of likely N-dealkylation sites (tertiary alicyclic amines) is 1. The van der Waals surface area contributed by atoms with E-state index in [2.05, 4.69) is 43.3 Å². The molecule has 0 aliphatic carbocycles. The van der Waals surface area contributed by atoms with Crippen molar-refractivity contribution in [3.63, 3.8) is 0 Å². The topological polar surface area (TPSA) is 20.3 Å². The van der Waals surface area contributed by atoms with Crippen LogP contribution < -0.4 is 0 Å². The monoisotopic (exact) mass is 267 g/mol. The summed E-state index contributed by atoms with van der Waals surface area (Å²) in [6, 6.07) is 12.6. The summed E-state index contributed by atoms with van der Waals surface area (Å²) in [6.45, 7) is 3.99. The molecule has 0 bridgehead atoms. The minimum Gasteiger partial charge on any atom is -0.342 e. The van der Waals surface area contributed by atoms with Gasteiger partial charge in [-0.15, -0.1) is 0 Å². The zero-order chi connectivity index (χ0) is 13.9. The number of amides is 1. The molecule has 1 saturated heterocycles. The fraction of sp³-hybridized carbons (Fsp3) is 0.389. The minimum atomic E-state index is 0.277. The van der Waals surface area contributed by atoms with E-state index in [4.69, 9.17) is 0 Å². The molecule has 1 fully saturated rings. The first kappa shape index (κ1) is 13.2. The van der Waals surface area contributed by atoms with Gasteiger partial charge in [0.25, 0.3) is 0 Å². The molecule has 104 valence electrons. The highest BCUT2D eigenvalue weighted by atomic mass is 16.2. The highest BCUT2D eigenvalue weighted by Gasteiger charge is 2.17. The van der Waals surface area contributed by atoms with Crippen molar-refractivity contribution in [2.24, 2.45) is 0 Å². The van der Waals surface area contributed by atoms with Crippen molar-refractivity contribution in [3.05, 3.63) is 47.5 Å². The van der Waals surface area contributed by atoms with Gasteiger partial charge in [0.15, 0.2) is 0 Å². The number of rotatable bonds is 2. The Hall–Kier alpha value is -1.83. The maximum absolute atomic E-state index is 12.4. The Bertz CT molecular complexity index is 626. The molecule has 3 rings (SSSR count). The van der Waals surface area contributed by atoms with Crippen LogP contribution in [0.5, 0.6) is 0 Å². The third-order valence-electron chi connectivity index (χ3n) is 4.28. The molecule has 0 unspecified atom stereocenters. The number of nitrogens with zero attached hydrogens (tertiary/aromatic N) is 1. The molecule has 2 aromatic rings. The van der Waals surface area contributed by atoms with Crippen molar-refractivity contribution in [1.82, 2.24) is 4.90 Å². The first-order valence-corrected chi connectivity index (χ1v) is 7.51. The van der Waals surface area contributed by atoms with Crippen molar-refractivity contribution < 1.29 is 4.79 Å². The lowest BCUT2D eigenvalue weighted by molar-refractivity contribution is -0.131. The van der Waals surface area contributed by atoms with Gasteiger partial charge in [0.05, 0.1) is 6.42 Å². The van der Waals surface area contributed by atoms with Crippen LogP contribution in [0.3, 0.4) is 0 Å². The Balaban J connectivity index is 1.87. The molecule has 0 N–H and O–H groups in total. The molecule has 0 aromatic heterocycles. The zero-order valence-corrected chi connectivity index (χ0v) is 12.1. The molecular formula is C18H21NO. The van der Waals surface area contributed by atoms with Crippen LogP contribution in [-0.2, 0) is 11.2 Å². The van der Waals surface area contributed by atoms with Crippen LogP contribution in [0.25, 0.3) is 10.8 Å². The van der Waals surface area contributed by atoms with Crippen LogP contribution in [0.4, 0.5) is 0 Å². The average Bonchev–Trinajstić information content (AvgIpc) is 2.51. The van der Waals surface area contributed by atoms with Gasteiger partial charge in [-0.3, -0.25) is 4.79 Å². The zero-order valence-electron chi connectivity index (χ0n) is 12.1. The van der Waals surface area contributed by atoms with E-state index in [0.29, 0.717) is 6.42 Å². The van der Waals surface area contributed by atoms with Crippen molar-refractivity contribution in [3.8, 4) is 0 Å². The molecule has 20 heavy (non-hydrogen) atoms. The number of aryl methyl sites for hydroxylation is 1. The van der Waals surface area contributed by atoms with E-state index in [1.807, 2.05) is 4.90 Å². The maximum Gasteiger partial charge on any atom is 0.227 e. The van der Waals surface area contributed by atoms with Gasteiger partial charge in [-0.1, -0.05) is 36.4 Å². The van der Waals surface area contributed by atoms with Gasteiger partial charge >= 0.3 is 0 Å². The Labute approximate surface area is 120 Å². The first-order chi connectivity index (χ1) is 9.75. The molecule has 1 aliphatic heterocycles. The van der Waals surface area contributed by atoms with Crippen molar-refractivity contribution in [1.29, 1.82) is 0 Å². The Morgan fingerprint density at radius 3 is 2.45 bits per heavy atom. The predicted molar refractivity (Wildman–Crippen MR) is 82.8 cm³/mol. The van der Waals surface area contributed by atoms with E-state index in [1.165, 1.54) is 22.8 Å². The number of carbonyl (C=O) groups excluding carboxylic acids is 1. The predicted octanol–water partition coefficient (Wildman–Crippen LogP) is 3.70. The van der Waals surface area contributed by atoms with Gasteiger partial charge in [0.2, 0.25) is 5.91 Å². The van der Waals surface area contributed by atoms with Gasteiger partial charge in [0, 0.05) is 13.1 Å². The van der Waals surface area contributed by atoms with Crippen LogP contribution >= 0.6 is 0 Å². The summed E-state index contributed by atoms with van der Waals surface area (Å²) >= 11 is 0. The number of hydrogen-bond acceptors (Lipinski definition) is 1. The summed E-state index contributed by atoms with van der Waals surface area (Å²) in [5, 5.41) is 2.48. The van der Waals surface area contributed by atoms with Crippen LogP contribution in [0.2, 0.25) is 0 Å². The second kappa shape index (κ2) is 5.66. The van der Waals surface area contributed by atoms with E-state index in [1.54, 1.807) is 0 Å². The first-order valence-electron chi connectivity index (χ1n) is 7.51. The Morgan fingerprint density at radius 1 is 1.00 bits per heavy atom. The fourth-order valence-electron chi connectivity index (χ4n) is 3.08. The van der Waals surface area contributed by atoms with Crippen molar-refractivity contribution in [2.75, 3.05) is 13.1 Å². The molecule has 0 atom stereocenters. The highest BCUT2D eigenvalue weighted by Crippen LogP contribution is 2.23. The average molecular weight is 267 g/mol. The smallest absolute Gasteiger partial charge is 0.227 e. The molecule has 0 radical (unpaired) electrons. The van der Waals surface area contributed by atoms with E-state index >= 15 is 0 Å².